The summed E-state index contributed by atoms with van der Waals surface area (Å²) in [6.45, 7) is 0. The molecule has 2 heterocycles. The van der Waals surface area contributed by atoms with Gasteiger partial charge in [-0.2, -0.15) is 0 Å². The Kier molecular flexibility index (Phi) is 3.93. The molecular weight excluding hydrogens is 338 g/mol. The van der Waals surface area contributed by atoms with E-state index in [0.717, 1.165) is 23.1 Å². The molecule has 0 spiro atoms. The summed E-state index contributed by atoms with van der Waals surface area (Å²) in [6, 6.07) is 18.2. The second-order valence-corrected chi connectivity index (χ2v) is 7.21. The van der Waals surface area contributed by atoms with Crippen LogP contribution in [0.4, 0.5) is 0 Å². The van der Waals surface area contributed by atoms with Crippen LogP contribution in [-0.4, -0.2) is 18.2 Å². The third kappa shape index (κ3) is 2.92. The molecule has 0 amide bonds. The van der Waals surface area contributed by atoms with Crippen LogP contribution < -0.4 is 10.1 Å². The summed E-state index contributed by atoms with van der Waals surface area (Å²) in [4.78, 5) is 0. The zero-order valence-electron chi connectivity index (χ0n) is 12.5. The smallest absolute Gasteiger partial charge is 0.134 e. The van der Waals surface area contributed by atoms with Crippen molar-refractivity contribution in [1.82, 2.24) is 5.32 Å². The Morgan fingerprint density at radius 1 is 0.909 bits per heavy atom. The van der Waals surface area contributed by atoms with E-state index < -0.39 is 0 Å². The van der Waals surface area contributed by atoms with Crippen molar-refractivity contribution in [3.8, 4) is 16.9 Å². The van der Waals surface area contributed by atoms with Crippen LogP contribution >= 0.6 is 15.9 Å². The number of piperidine rings is 1. The zero-order valence-corrected chi connectivity index (χ0v) is 14.1. The number of ether oxygens (including phenoxy) is 1. The van der Waals surface area contributed by atoms with Crippen LogP contribution in [0.2, 0.25) is 0 Å². The summed E-state index contributed by atoms with van der Waals surface area (Å²) in [6.07, 6.45) is 5.18. The lowest BCUT2D eigenvalue weighted by atomic mass is 10.0. The largest absolute Gasteiger partial charge is 0.489 e. The Bertz CT molecular complexity index is 646. The van der Waals surface area contributed by atoms with Crippen molar-refractivity contribution >= 4 is 15.9 Å². The van der Waals surface area contributed by atoms with Crippen LogP contribution in [-0.2, 0) is 0 Å². The lowest BCUT2D eigenvalue weighted by molar-refractivity contribution is 0.136. The first kappa shape index (κ1) is 14.3. The van der Waals surface area contributed by atoms with Gasteiger partial charge in [0.15, 0.2) is 0 Å². The van der Waals surface area contributed by atoms with E-state index in [2.05, 4.69) is 63.7 Å². The lowest BCUT2D eigenvalue weighted by Crippen LogP contribution is -2.42. The number of hydrogen-bond donors (Lipinski definition) is 1. The fourth-order valence-corrected chi connectivity index (χ4v) is 4.02. The minimum Gasteiger partial charge on any atom is -0.489 e. The van der Waals surface area contributed by atoms with E-state index in [9.17, 15) is 0 Å². The number of fused-ring (bicyclic) bond motifs is 2. The highest BCUT2D eigenvalue weighted by molar-refractivity contribution is 9.10. The lowest BCUT2D eigenvalue weighted by Gasteiger charge is -2.30. The number of hydrogen-bond acceptors (Lipinski definition) is 2. The highest BCUT2D eigenvalue weighted by Gasteiger charge is 2.34. The molecule has 2 saturated heterocycles. The van der Waals surface area contributed by atoms with E-state index in [1.54, 1.807) is 0 Å². The molecule has 3 heteroatoms. The maximum atomic E-state index is 6.34. The van der Waals surface area contributed by atoms with Gasteiger partial charge in [-0.1, -0.05) is 36.4 Å². The number of nitrogens with one attached hydrogen (secondary N) is 1. The van der Waals surface area contributed by atoms with Crippen LogP contribution in [0, 0.1) is 0 Å². The predicted molar refractivity (Wildman–Crippen MR) is 93.2 cm³/mol. The Morgan fingerprint density at radius 2 is 1.64 bits per heavy atom. The van der Waals surface area contributed by atoms with Crippen LogP contribution in [0.1, 0.15) is 25.7 Å². The second-order valence-electron chi connectivity index (χ2n) is 6.36. The Hall–Kier alpha value is -1.32. The van der Waals surface area contributed by atoms with E-state index in [1.807, 2.05) is 6.07 Å². The zero-order chi connectivity index (χ0) is 14.9. The molecule has 114 valence electrons. The van der Waals surface area contributed by atoms with Gasteiger partial charge in [0.05, 0.1) is 4.47 Å². The van der Waals surface area contributed by atoms with Gasteiger partial charge in [-0.25, -0.2) is 0 Å². The van der Waals surface area contributed by atoms with E-state index in [0.29, 0.717) is 18.2 Å². The predicted octanol–water partition coefficient (Wildman–Crippen LogP) is 4.78. The molecule has 2 aliphatic heterocycles. The molecule has 2 aliphatic rings. The Labute approximate surface area is 140 Å². The van der Waals surface area contributed by atoms with Gasteiger partial charge in [0.25, 0.3) is 0 Å². The van der Waals surface area contributed by atoms with Crippen molar-refractivity contribution in [2.24, 2.45) is 0 Å². The summed E-state index contributed by atoms with van der Waals surface area (Å²) in [5.41, 5.74) is 2.43. The molecule has 2 unspecified atom stereocenters. The fraction of sp³-hybridized carbons (Fsp3) is 0.368. The Morgan fingerprint density at radius 3 is 2.36 bits per heavy atom. The Balaban J connectivity index is 1.56. The van der Waals surface area contributed by atoms with Crippen molar-refractivity contribution in [2.75, 3.05) is 0 Å². The average molecular weight is 358 g/mol. The number of rotatable bonds is 3. The summed E-state index contributed by atoms with van der Waals surface area (Å²) >= 11 is 3.64. The third-order valence-electron chi connectivity index (χ3n) is 4.76. The first-order chi connectivity index (χ1) is 10.8. The van der Waals surface area contributed by atoms with Gasteiger partial charge in [0.2, 0.25) is 0 Å². The molecule has 4 rings (SSSR count). The van der Waals surface area contributed by atoms with E-state index in [1.165, 1.54) is 24.0 Å². The van der Waals surface area contributed by atoms with Crippen molar-refractivity contribution < 1.29 is 4.74 Å². The van der Waals surface area contributed by atoms with Gasteiger partial charge in [-0.05, 0) is 64.9 Å². The molecule has 2 bridgehead atoms. The maximum Gasteiger partial charge on any atom is 0.134 e. The highest BCUT2D eigenvalue weighted by atomic mass is 79.9. The minimum atomic E-state index is 0.334. The van der Waals surface area contributed by atoms with Crippen molar-refractivity contribution in [3.63, 3.8) is 0 Å². The van der Waals surface area contributed by atoms with Gasteiger partial charge in [0.1, 0.15) is 11.9 Å². The SMILES string of the molecule is Brc1ccc(-c2ccccc2)cc1OC1CC2CCC(C1)N2. The minimum absolute atomic E-state index is 0.334. The molecule has 2 fully saturated rings. The molecule has 1 N–H and O–H groups in total. The van der Waals surface area contributed by atoms with E-state index in [4.69, 9.17) is 4.74 Å². The van der Waals surface area contributed by atoms with Gasteiger partial charge >= 0.3 is 0 Å². The summed E-state index contributed by atoms with van der Waals surface area (Å²) < 4.78 is 7.38. The van der Waals surface area contributed by atoms with Gasteiger partial charge in [0, 0.05) is 12.1 Å². The maximum absolute atomic E-state index is 6.34. The van der Waals surface area contributed by atoms with Gasteiger partial charge in [-0.3, -0.25) is 0 Å². The van der Waals surface area contributed by atoms with E-state index in [-0.39, 0.29) is 0 Å². The topological polar surface area (TPSA) is 21.3 Å². The second kappa shape index (κ2) is 6.05. The van der Waals surface area contributed by atoms with Crippen LogP contribution in [0.5, 0.6) is 5.75 Å². The quantitative estimate of drug-likeness (QED) is 0.853. The monoisotopic (exact) mass is 357 g/mol. The summed E-state index contributed by atoms with van der Waals surface area (Å²) in [5.74, 6) is 0.965. The number of benzene rings is 2. The normalized spacial score (nSPS) is 26.9. The molecule has 2 aromatic carbocycles. The molecule has 2 nitrogen and oxygen atoms in total. The van der Waals surface area contributed by atoms with Crippen molar-refractivity contribution in [2.45, 2.75) is 43.9 Å². The highest BCUT2D eigenvalue weighted by Crippen LogP contribution is 2.35. The van der Waals surface area contributed by atoms with E-state index >= 15 is 0 Å². The van der Waals surface area contributed by atoms with Gasteiger partial charge in [-0.15, -0.1) is 0 Å². The van der Waals surface area contributed by atoms with Gasteiger partial charge < -0.3 is 10.1 Å². The molecule has 0 aliphatic carbocycles. The first-order valence-corrected chi connectivity index (χ1v) is 8.85. The molecule has 0 aromatic heterocycles. The average Bonchev–Trinajstić information content (AvgIpc) is 2.89. The molecule has 22 heavy (non-hydrogen) atoms. The molecule has 0 radical (unpaired) electrons. The first-order valence-electron chi connectivity index (χ1n) is 8.05. The molecule has 2 atom stereocenters. The van der Waals surface area contributed by atoms with Crippen molar-refractivity contribution in [1.29, 1.82) is 0 Å². The molecule has 2 aromatic rings. The molecular formula is C19H20BrNO. The standard InChI is InChI=1S/C19H20BrNO/c20-18-9-6-14(13-4-2-1-3-5-13)10-19(18)22-17-11-15-7-8-16(12-17)21-15/h1-6,9-10,15-17,21H,7-8,11-12H2. The van der Waals surface area contributed by atoms with Crippen molar-refractivity contribution in [3.05, 3.63) is 53.0 Å². The number of halogens is 1. The fourth-order valence-electron chi connectivity index (χ4n) is 3.68. The van der Waals surface area contributed by atoms with Crippen LogP contribution in [0.25, 0.3) is 11.1 Å². The van der Waals surface area contributed by atoms with Crippen LogP contribution in [0.3, 0.4) is 0 Å². The summed E-state index contributed by atoms with van der Waals surface area (Å²) in [7, 11) is 0. The summed E-state index contributed by atoms with van der Waals surface area (Å²) in [5, 5.41) is 3.67. The van der Waals surface area contributed by atoms with Crippen LogP contribution in [0.15, 0.2) is 53.0 Å². The third-order valence-corrected chi connectivity index (χ3v) is 5.42. The molecule has 0 saturated carbocycles.